The van der Waals surface area contributed by atoms with Gasteiger partial charge in [-0.25, -0.2) is 9.18 Å². The van der Waals surface area contributed by atoms with Crippen molar-refractivity contribution in [2.75, 3.05) is 31.2 Å². The molecular formula is C23H28FN3O3. The molecule has 6 nitrogen and oxygen atoms in total. The highest BCUT2D eigenvalue weighted by Crippen LogP contribution is 2.33. The van der Waals surface area contributed by atoms with Gasteiger partial charge in [-0.2, -0.15) is 0 Å². The second kappa shape index (κ2) is 9.82. The lowest BCUT2D eigenvalue weighted by Gasteiger charge is -2.46. The zero-order valence-electron chi connectivity index (χ0n) is 17.0. The van der Waals surface area contributed by atoms with Crippen molar-refractivity contribution in [3.05, 3.63) is 66.0 Å². The number of ketones is 1. The number of carboxylic acid groups (broad SMARTS) is 1. The van der Waals surface area contributed by atoms with Gasteiger partial charge in [-0.3, -0.25) is 4.79 Å². The maximum atomic E-state index is 13.0. The summed E-state index contributed by atoms with van der Waals surface area (Å²) >= 11 is 0. The van der Waals surface area contributed by atoms with Crippen LogP contribution in [-0.2, 0) is 4.79 Å². The number of carboxylic acids is 1. The molecule has 3 N–H and O–H groups in total. The molecule has 160 valence electrons. The molecule has 2 aromatic rings. The van der Waals surface area contributed by atoms with Crippen LogP contribution in [0.25, 0.3) is 0 Å². The number of aliphatic carboxylic acids is 1. The quantitative estimate of drug-likeness (QED) is 0.485. The van der Waals surface area contributed by atoms with E-state index >= 15 is 0 Å². The molecule has 7 heteroatoms. The van der Waals surface area contributed by atoms with E-state index in [0.717, 1.165) is 12.2 Å². The number of likely N-dealkylation sites (tertiary alicyclic amines) is 1. The molecule has 1 aliphatic rings. The van der Waals surface area contributed by atoms with Crippen molar-refractivity contribution in [1.29, 1.82) is 0 Å². The van der Waals surface area contributed by atoms with Gasteiger partial charge in [-0.1, -0.05) is 18.2 Å². The van der Waals surface area contributed by atoms with Crippen LogP contribution in [-0.4, -0.2) is 53.6 Å². The summed E-state index contributed by atoms with van der Waals surface area (Å²) < 4.78 is 13.0. The van der Waals surface area contributed by atoms with E-state index in [2.05, 4.69) is 4.90 Å². The molecule has 0 bridgehead atoms. The lowest BCUT2D eigenvalue weighted by atomic mass is 9.85. The zero-order valence-corrected chi connectivity index (χ0v) is 17.0. The highest BCUT2D eigenvalue weighted by atomic mass is 19.1. The minimum absolute atomic E-state index is 0.00900. The largest absolute Gasteiger partial charge is 0.479 e. The van der Waals surface area contributed by atoms with Gasteiger partial charge in [-0.05, 0) is 62.2 Å². The molecule has 0 unspecified atom stereocenters. The first-order chi connectivity index (χ1) is 14.5. The topological polar surface area (TPSA) is 86.9 Å². The van der Waals surface area contributed by atoms with Gasteiger partial charge < -0.3 is 20.6 Å². The van der Waals surface area contributed by atoms with Crippen LogP contribution in [0.2, 0.25) is 0 Å². The summed E-state index contributed by atoms with van der Waals surface area (Å²) in [5.74, 6) is -1.22. The number of carbonyl (C=O) groups is 2. The van der Waals surface area contributed by atoms with Gasteiger partial charge in [-0.15, -0.1) is 0 Å². The smallest absolute Gasteiger partial charge is 0.329 e. The van der Waals surface area contributed by atoms with Crippen molar-refractivity contribution in [1.82, 2.24) is 4.90 Å². The molecule has 30 heavy (non-hydrogen) atoms. The summed E-state index contributed by atoms with van der Waals surface area (Å²) in [7, 11) is 0. The lowest BCUT2D eigenvalue weighted by molar-refractivity contribution is -0.145. The first kappa shape index (κ1) is 21.9. The lowest BCUT2D eigenvalue weighted by Crippen LogP contribution is -2.62. The summed E-state index contributed by atoms with van der Waals surface area (Å²) in [6.45, 7) is 2.10. The molecule has 1 heterocycles. The summed E-state index contributed by atoms with van der Waals surface area (Å²) in [6.07, 6.45) is 1.97. The van der Waals surface area contributed by atoms with Crippen LogP contribution in [0.4, 0.5) is 10.1 Å². The van der Waals surface area contributed by atoms with Gasteiger partial charge in [0.2, 0.25) is 0 Å². The third-order valence-corrected chi connectivity index (χ3v) is 5.89. The van der Waals surface area contributed by atoms with E-state index < -0.39 is 11.5 Å². The number of piperidine rings is 1. The predicted molar refractivity (Wildman–Crippen MR) is 114 cm³/mol. The van der Waals surface area contributed by atoms with E-state index in [1.165, 1.54) is 24.3 Å². The minimum atomic E-state index is -1.03. The molecule has 3 rings (SSSR count). The minimum Gasteiger partial charge on any atom is -0.479 e. The van der Waals surface area contributed by atoms with Gasteiger partial charge in [0.1, 0.15) is 11.4 Å². The summed E-state index contributed by atoms with van der Waals surface area (Å²) in [5.41, 5.74) is 6.25. The maximum absolute atomic E-state index is 13.0. The predicted octanol–water partition coefficient (Wildman–Crippen LogP) is 3.13. The van der Waals surface area contributed by atoms with Crippen LogP contribution in [0.3, 0.4) is 0 Å². The number of carbonyl (C=O) groups excluding carboxylic acids is 1. The second-order valence-corrected chi connectivity index (χ2v) is 7.66. The highest BCUT2D eigenvalue weighted by molar-refractivity contribution is 5.95. The van der Waals surface area contributed by atoms with E-state index in [1.54, 1.807) is 4.90 Å². The van der Waals surface area contributed by atoms with Crippen LogP contribution < -0.4 is 10.6 Å². The maximum Gasteiger partial charge on any atom is 0.329 e. The molecule has 1 fully saturated rings. The Morgan fingerprint density at radius 3 is 2.27 bits per heavy atom. The Balaban J connectivity index is 1.56. The Morgan fingerprint density at radius 1 is 1.07 bits per heavy atom. The SMILES string of the molecule is NCN(c1ccccc1)C1(C(=O)O)CCN(CCCC(=O)c2ccc(F)cc2)CC1. The number of rotatable bonds is 9. The van der Waals surface area contributed by atoms with Crippen molar-refractivity contribution in [2.24, 2.45) is 5.73 Å². The summed E-state index contributed by atoms with van der Waals surface area (Å²) in [4.78, 5) is 28.5. The second-order valence-electron chi connectivity index (χ2n) is 7.66. The van der Waals surface area contributed by atoms with Gasteiger partial charge in [0, 0.05) is 30.8 Å². The molecule has 0 saturated carbocycles. The molecule has 0 aliphatic carbocycles. The number of hydrogen-bond donors (Lipinski definition) is 2. The van der Waals surface area contributed by atoms with E-state index in [-0.39, 0.29) is 18.3 Å². The van der Waals surface area contributed by atoms with Gasteiger partial charge in [0.15, 0.2) is 5.78 Å². The van der Waals surface area contributed by atoms with E-state index in [1.807, 2.05) is 30.3 Å². The number of nitrogens with two attached hydrogens (primary N) is 1. The Morgan fingerprint density at radius 2 is 1.70 bits per heavy atom. The number of hydrogen-bond acceptors (Lipinski definition) is 5. The van der Waals surface area contributed by atoms with Gasteiger partial charge in [0.05, 0.1) is 6.67 Å². The first-order valence-electron chi connectivity index (χ1n) is 10.2. The summed E-state index contributed by atoms with van der Waals surface area (Å²) in [5, 5.41) is 10.0. The monoisotopic (exact) mass is 413 g/mol. The Hall–Kier alpha value is -2.77. The molecule has 0 aromatic heterocycles. The number of benzene rings is 2. The fourth-order valence-corrected chi connectivity index (χ4v) is 4.12. The third kappa shape index (κ3) is 4.86. The van der Waals surface area contributed by atoms with Gasteiger partial charge in [0.25, 0.3) is 0 Å². The number of Topliss-reactive ketones (excluding diaryl/α,β-unsaturated/α-hetero) is 1. The standard InChI is InChI=1S/C23H28FN3O3/c24-19-10-8-18(9-11-19)21(28)7-4-14-26-15-12-23(13-16-26,22(29)30)27(17-25)20-5-2-1-3-6-20/h1-3,5-6,8-11H,4,7,12-17,25H2,(H,29,30). The molecule has 0 atom stereocenters. The number of nitrogens with zero attached hydrogens (tertiary/aromatic N) is 2. The van der Waals surface area contributed by atoms with Crippen LogP contribution in [0, 0.1) is 5.82 Å². The molecule has 0 radical (unpaired) electrons. The molecular weight excluding hydrogens is 385 g/mol. The Bertz CT molecular complexity index is 850. The van der Waals surface area contributed by atoms with Gasteiger partial charge >= 0.3 is 5.97 Å². The Labute approximate surface area is 176 Å². The Kier molecular flexibility index (Phi) is 7.18. The average Bonchev–Trinajstić information content (AvgIpc) is 2.76. The van der Waals surface area contributed by atoms with Crippen LogP contribution in [0.5, 0.6) is 0 Å². The van der Waals surface area contributed by atoms with Crippen molar-refractivity contribution in [3.63, 3.8) is 0 Å². The highest BCUT2D eigenvalue weighted by Gasteiger charge is 2.46. The average molecular weight is 413 g/mol. The molecule has 2 aromatic carbocycles. The fraction of sp³-hybridized carbons (Fsp3) is 0.391. The van der Waals surface area contributed by atoms with E-state index in [9.17, 15) is 19.1 Å². The van der Waals surface area contributed by atoms with Crippen LogP contribution in [0.1, 0.15) is 36.0 Å². The van der Waals surface area contributed by atoms with Crippen LogP contribution in [0.15, 0.2) is 54.6 Å². The molecule has 1 saturated heterocycles. The molecule has 0 spiro atoms. The van der Waals surface area contributed by atoms with Crippen LogP contribution >= 0.6 is 0 Å². The number of para-hydroxylation sites is 1. The third-order valence-electron chi connectivity index (χ3n) is 5.89. The van der Waals surface area contributed by atoms with E-state index in [4.69, 9.17) is 5.73 Å². The summed E-state index contributed by atoms with van der Waals surface area (Å²) in [6, 6.07) is 15.0. The fourth-order valence-electron chi connectivity index (χ4n) is 4.12. The van der Waals surface area contributed by atoms with Crippen molar-refractivity contribution in [2.45, 2.75) is 31.2 Å². The number of anilines is 1. The normalized spacial score (nSPS) is 16.2. The molecule has 0 amide bonds. The molecule has 1 aliphatic heterocycles. The van der Waals surface area contributed by atoms with Crippen molar-refractivity contribution < 1.29 is 19.1 Å². The number of halogens is 1. The zero-order chi connectivity index (χ0) is 21.6. The van der Waals surface area contributed by atoms with E-state index in [0.29, 0.717) is 44.3 Å². The van der Waals surface area contributed by atoms with Crippen molar-refractivity contribution >= 4 is 17.4 Å². The van der Waals surface area contributed by atoms with Crippen molar-refractivity contribution in [3.8, 4) is 0 Å². The first-order valence-corrected chi connectivity index (χ1v) is 10.2.